The fraction of sp³-hybridized carbons (Fsp3) is 1.00. The molecule has 0 aliphatic rings. The van der Waals surface area contributed by atoms with Crippen LogP contribution in [0.15, 0.2) is 0 Å². The van der Waals surface area contributed by atoms with E-state index < -0.39 is 6.27 Å². The van der Waals surface area contributed by atoms with E-state index in [0.717, 1.165) is 0 Å². The van der Waals surface area contributed by atoms with Crippen LogP contribution in [-0.2, 0) is 0 Å². The molecule has 0 unspecified atom stereocenters. The molecule has 0 saturated heterocycles. The van der Waals surface area contributed by atoms with Gasteiger partial charge in [-0.05, 0) is 12.6 Å². The summed E-state index contributed by atoms with van der Waals surface area (Å²) in [6.07, 6.45) is 1.75. The summed E-state index contributed by atoms with van der Waals surface area (Å²) < 4.78 is 11.8. The predicted molar refractivity (Wildman–Crippen MR) is 30.9 cm³/mol. The van der Waals surface area contributed by atoms with E-state index in [1.165, 1.54) is 11.6 Å². The van der Waals surface area contributed by atoms with Crippen molar-refractivity contribution >= 4 is 17.9 Å². The third-order valence-electron chi connectivity index (χ3n) is 0.577. The van der Waals surface area contributed by atoms with E-state index in [1.807, 2.05) is 6.92 Å². The maximum atomic E-state index is 11.8. The van der Waals surface area contributed by atoms with E-state index in [4.69, 9.17) is 0 Å². The highest BCUT2D eigenvalue weighted by Gasteiger charge is 2.04. The Labute approximate surface area is 42.5 Å². The van der Waals surface area contributed by atoms with Crippen molar-refractivity contribution in [2.24, 2.45) is 0 Å². The first-order valence-corrected chi connectivity index (χ1v) is 3.27. The highest BCUT2D eigenvalue weighted by Crippen LogP contribution is 2.05. The number of halogens is 1. The summed E-state index contributed by atoms with van der Waals surface area (Å²) in [6.45, 7) is 1.83. The van der Waals surface area contributed by atoms with Crippen molar-refractivity contribution in [1.82, 2.24) is 0 Å². The summed E-state index contributed by atoms with van der Waals surface area (Å²) in [5.41, 5.74) is 0. The zero-order chi connectivity index (χ0) is 4.99. The van der Waals surface area contributed by atoms with E-state index in [1.54, 1.807) is 6.26 Å². The Hall–Kier alpha value is 0.345. The Balaban J connectivity index is 2.75. The lowest BCUT2D eigenvalue weighted by atomic mass is 10.00. The average Bonchev–Trinajstić information content (AvgIpc) is 1.65. The first-order chi connectivity index (χ1) is 2.81. The van der Waals surface area contributed by atoms with Gasteiger partial charge in [0.2, 0.25) is 0 Å². The van der Waals surface area contributed by atoms with E-state index in [9.17, 15) is 4.32 Å². The SMILES string of the molecule is CCB(F)SC. The third-order valence-corrected chi connectivity index (χ3v) is 1.42. The van der Waals surface area contributed by atoms with E-state index in [0.29, 0.717) is 6.32 Å². The van der Waals surface area contributed by atoms with Crippen LogP contribution < -0.4 is 0 Å². The summed E-state index contributed by atoms with van der Waals surface area (Å²) in [6, 6.07) is 0. The van der Waals surface area contributed by atoms with Crippen LogP contribution in [0.1, 0.15) is 6.92 Å². The van der Waals surface area contributed by atoms with Gasteiger partial charge in [-0.1, -0.05) is 6.92 Å². The maximum absolute atomic E-state index is 11.8. The molecule has 0 aromatic carbocycles. The molecule has 0 nitrogen and oxygen atoms in total. The largest absolute Gasteiger partial charge is 0.411 e. The molecule has 0 heterocycles. The van der Waals surface area contributed by atoms with Gasteiger partial charge in [-0.3, -0.25) is 0 Å². The first-order valence-electron chi connectivity index (χ1n) is 1.98. The smallest absolute Gasteiger partial charge is 0.320 e. The van der Waals surface area contributed by atoms with Crippen molar-refractivity contribution in [3.63, 3.8) is 0 Å². The number of hydrogen-bond acceptors (Lipinski definition) is 1. The molecule has 0 aliphatic heterocycles. The second-order valence-electron chi connectivity index (χ2n) is 1.05. The first kappa shape index (κ1) is 6.34. The normalized spacial score (nSPS) is 8.50. The summed E-state index contributed by atoms with van der Waals surface area (Å²) in [7, 11) is 0. The van der Waals surface area contributed by atoms with Crippen molar-refractivity contribution in [1.29, 1.82) is 0 Å². The molecular formula is C3H8BFS. The van der Waals surface area contributed by atoms with E-state index in [2.05, 4.69) is 0 Å². The van der Waals surface area contributed by atoms with Crippen LogP contribution >= 0.6 is 11.6 Å². The van der Waals surface area contributed by atoms with Gasteiger partial charge in [0.05, 0.1) is 0 Å². The molecule has 0 aromatic rings. The quantitative estimate of drug-likeness (QED) is 0.484. The molecule has 0 rings (SSSR count). The fourth-order valence-electron chi connectivity index (χ4n) is 0.167. The minimum Gasteiger partial charge on any atom is -0.320 e. The number of rotatable bonds is 2. The van der Waals surface area contributed by atoms with Gasteiger partial charge in [-0.15, -0.1) is 0 Å². The van der Waals surface area contributed by atoms with Crippen LogP contribution in [-0.4, -0.2) is 12.5 Å². The molecule has 0 N–H and O–H groups in total. The molecule has 36 valence electrons. The predicted octanol–water partition coefficient (Wildman–Crippen LogP) is 1.83. The minimum atomic E-state index is -0.648. The monoisotopic (exact) mass is 106 g/mol. The molecule has 0 fully saturated rings. The Bertz CT molecular complexity index is 30.0. The van der Waals surface area contributed by atoms with Gasteiger partial charge in [-0.2, -0.15) is 11.6 Å². The van der Waals surface area contributed by atoms with Gasteiger partial charge < -0.3 is 4.32 Å². The fourth-order valence-corrected chi connectivity index (χ4v) is 0.500. The molecule has 0 aliphatic carbocycles. The van der Waals surface area contributed by atoms with Crippen LogP contribution in [0.2, 0.25) is 6.32 Å². The maximum Gasteiger partial charge on any atom is 0.411 e. The highest BCUT2D eigenvalue weighted by atomic mass is 32.2. The topological polar surface area (TPSA) is 0 Å². The molecule has 3 heteroatoms. The van der Waals surface area contributed by atoms with Crippen molar-refractivity contribution in [3.8, 4) is 0 Å². The van der Waals surface area contributed by atoms with E-state index in [-0.39, 0.29) is 0 Å². The summed E-state index contributed by atoms with van der Waals surface area (Å²) in [5.74, 6) is 0. The van der Waals surface area contributed by atoms with Crippen molar-refractivity contribution in [3.05, 3.63) is 0 Å². The lowest BCUT2D eigenvalue weighted by Crippen LogP contribution is -1.92. The van der Waals surface area contributed by atoms with Crippen molar-refractivity contribution in [2.45, 2.75) is 13.2 Å². The Morgan fingerprint density at radius 1 is 1.83 bits per heavy atom. The zero-order valence-electron chi connectivity index (χ0n) is 4.07. The molecule has 0 bridgehead atoms. The minimum absolute atomic E-state index is 0.626. The van der Waals surface area contributed by atoms with Crippen LogP contribution in [0.5, 0.6) is 0 Å². The van der Waals surface area contributed by atoms with Crippen LogP contribution in [0.3, 0.4) is 0 Å². The second kappa shape index (κ2) is 3.53. The number of hydrogen-bond donors (Lipinski definition) is 0. The van der Waals surface area contributed by atoms with Crippen molar-refractivity contribution < 1.29 is 4.32 Å². The zero-order valence-corrected chi connectivity index (χ0v) is 4.89. The standard InChI is InChI=1S/C3H8BFS/c1-3-4(5)6-2/h3H2,1-2H3. The molecule has 0 aromatic heterocycles. The van der Waals surface area contributed by atoms with E-state index >= 15 is 0 Å². The molecule has 0 amide bonds. The van der Waals surface area contributed by atoms with Crippen molar-refractivity contribution in [2.75, 3.05) is 6.26 Å². The van der Waals surface area contributed by atoms with Gasteiger partial charge >= 0.3 is 6.27 Å². The molecule has 6 heavy (non-hydrogen) atoms. The third kappa shape index (κ3) is 2.58. The lowest BCUT2D eigenvalue weighted by Gasteiger charge is -1.87. The van der Waals surface area contributed by atoms with Crippen LogP contribution in [0.25, 0.3) is 0 Å². The molecule has 0 spiro atoms. The molecular weight excluding hydrogens is 97.9 g/mol. The molecule has 0 saturated carbocycles. The van der Waals surface area contributed by atoms with Gasteiger partial charge in [0.25, 0.3) is 0 Å². The Kier molecular flexibility index (Phi) is 3.74. The highest BCUT2D eigenvalue weighted by molar-refractivity contribution is 8.24. The summed E-state index contributed by atoms with van der Waals surface area (Å²) in [4.78, 5) is 0. The average molecular weight is 106 g/mol. The second-order valence-corrected chi connectivity index (χ2v) is 2.04. The van der Waals surface area contributed by atoms with Gasteiger partial charge in [0.15, 0.2) is 0 Å². The Morgan fingerprint density at radius 2 is 2.33 bits per heavy atom. The van der Waals surface area contributed by atoms with Gasteiger partial charge in [-0.25, -0.2) is 0 Å². The summed E-state index contributed by atoms with van der Waals surface area (Å²) >= 11 is 1.26. The van der Waals surface area contributed by atoms with Gasteiger partial charge in [0.1, 0.15) is 0 Å². The summed E-state index contributed by atoms with van der Waals surface area (Å²) in [5, 5.41) is 0. The van der Waals surface area contributed by atoms with Gasteiger partial charge in [0, 0.05) is 0 Å². The molecule has 0 atom stereocenters. The lowest BCUT2D eigenvalue weighted by molar-refractivity contribution is 0.854. The van der Waals surface area contributed by atoms with Crippen LogP contribution in [0.4, 0.5) is 4.32 Å². The Morgan fingerprint density at radius 3 is 2.33 bits per heavy atom. The van der Waals surface area contributed by atoms with Crippen LogP contribution in [0, 0.1) is 0 Å². The molecule has 0 radical (unpaired) electrons.